The highest BCUT2D eigenvalue weighted by molar-refractivity contribution is 5.94. The Morgan fingerprint density at radius 2 is 1.69 bits per heavy atom. The highest BCUT2D eigenvalue weighted by Gasteiger charge is 2.34. The van der Waals surface area contributed by atoms with E-state index >= 15 is 0 Å². The first-order chi connectivity index (χ1) is 15.6. The summed E-state index contributed by atoms with van der Waals surface area (Å²) >= 11 is 0. The second-order valence-corrected chi connectivity index (χ2v) is 8.71. The summed E-state index contributed by atoms with van der Waals surface area (Å²) in [6, 6.07) is 11.4. The Balaban J connectivity index is 1.27. The minimum absolute atomic E-state index is 0.111. The van der Waals surface area contributed by atoms with Crippen LogP contribution in [0.5, 0.6) is 0 Å². The third kappa shape index (κ3) is 3.97. The Bertz CT molecular complexity index is 1130. The molecule has 2 atom stereocenters. The molecule has 3 aromatic rings. The van der Waals surface area contributed by atoms with E-state index in [4.69, 9.17) is 0 Å². The number of fused-ring (bicyclic) bond motifs is 1. The number of halogens is 1. The van der Waals surface area contributed by atoms with E-state index in [9.17, 15) is 14.0 Å². The molecule has 2 aliphatic heterocycles. The van der Waals surface area contributed by atoms with E-state index < -0.39 is 0 Å². The van der Waals surface area contributed by atoms with Crippen LogP contribution in [-0.2, 0) is 4.79 Å². The maximum Gasteiger partial charge on any atom is 0.253 e. The summed E-state index contributed by atoms with van der Waals surface area (Å²) in [7, 11) is 0. The van der Waals surface area contributed by atoms with E-state index in [2.05, 4.69) is 10.2 Å². The van der Waals surface area contributed by atoms with Crippen molar-refractivity contribution in [2.75, 3.05) is 26.2 Å². The van der Waals surface area contributed by atoms with Crippen LogP contribution < -0.4 is 0 Å². The lowest BCUT2D eigenvalue weighted by molar-refractivity contribution is -0.138. The van der Waals surface area contributed by atoms with Crippen molar-refractivity contribution in [3.05, 3.63) is 65.9 Å². The molecule has 0 N–H and O–H groups in total. The largest absolute Gasteiger partial charge is 0.342 e. The summed E-state index contributed by atoms with van der Waals surface area (Å²) in [4.78, 5) is 29.9. The van der Waals surface area contributed by atoms with Gasteiger partial charge in [-0.25, -0.2) is 4.39 Å². The minimum Gasteiger partial charge on any atom is -0.342 e. The van der Waals surface area contributed by atoms with Gasteiger partial charge in [-0.3, -0.25) is 14.0 Å². The number of nitrogens with zero attached hydrogens (tertiary/aromatic N) is 5. The first-order valence-electron chi connectivity index (χ1n) is 11.2. The van der Waals surface area contributed by atoms with Crippen LogP contribution in [0.2, 0.25) is 0 Å². The van der Waals surface area contributed by atoms with Crippen LogP contribution in [0.4, 0.5) is 4.39 Å². The quantitative estimate of drug-likeness (QED) is 0.634. The lowest BCUT2D eigenvalue weighted by atomic mass is 9.92. The normalized spacial score (nSPS) is 21.7. The number of carbonyl (C=O) groups is 2. The van der Waals surface area contributed by atoms with Gasteiger partial charge in [-0.2, -0.15) is 0 Å². The summed E-state index contributed by atoms with van der Waals surface area (Å²) in [5, 5.41) is 8.65. The number of piperidine rings is 2. The van der Waals surface area contributed by atoms with Crippen LogP contribution in [0.25, 0.3) is 5.65 Å². The summed E-state index contributed by atoms with van der Waals surface area (Å²) in [5.41, 5.74) is 1.27. The van der Waals surface area contributed by atoms with E-state index in [1.807, 2.05) is 33.7 Å². The number of pyridine rings is 1. The summed E-state index contributed by atoms with van der Waals surface area (Å²) in [6.07, 6.45) is 5.42. The van der Waals surface area contributed by atoms with Crippen LogP contribution in [0.15, 0.2) is 48.7 Å². The molecule has 2 aromatic heterocycles. The summed E-state index contributed by atoms with van der Waals surface area (Å²) in [5.74, 6) is 0.435. The van der Waals surface area contributed by atoms with Gasteiger partial charge in [0, 0.05) is 43.9 Å². The number of likely N-dealkylation sites (tertiary alicyclic amines) is 2. The van der Waals surface area contributed by atoms with Gasteiger partial charge in [0.1, 0.15) is 11.6 Å². The zero-order chi connectivity index (χ0) is 22.1. The SMILES string of the molecule is O=C(c1ccc(F)cc1)N1CCC[C@H](C(=O)N2CCC[C@H](c3nnc4ccccn34)C2)C1. The maximum atomic E-state index is 13.4. The fourth-order valence-corrected chi connectivity index (χ4v) is 4.92. The average molecular weight is 436 g/mol. The fraction of sp³-hybridized carbons (Fsp3) is 0.417. The Labute approximate surface area is 185 Å². The zero-order valence-electron chi connectivity index (χ0n) is 17.9. The van der Waals surface area contributed by atoms with E-state index in [0.717, 1.165) is 43.7 Å². The standard InChI is InChI=1S/C24H26FN5O2/c25-20-10-8-17(9-11-20)23(31)29-13-4-6-19(16-29)24(32)28-12-3-5-18(15-28)22-27-26-21-7-1-2-14-30(21)22/h1-2,7-11,14,18-19H,3-6,12-13,15-16H2/t18-,19-/m0/s1. The van der Waals surface area contributed by atoms with Crippen molar-refractivity contribution in [1.29, 1.82) is 0 Å². The van der Waals surface area contributed by atoms with Gasteiger partial charge in [-0.05, 0) is 62.1 Å². The van der Waals surface area contributed by atoms with Gasteiger partial charge in [0.05, 0.1) is 5.92 Å². The van der Waals surface area contributed by atoms with Gasteiger partial charge in [0.15, 0.2) is 5.65 Å². The van der Waals surface area contributed by atoms with Crippen LogP contribution in [-0.4, -0.2) is 62.4 Å². The van der Waals surface area contributed by atoms with Gasteiger partial charge in [0.2, 0.25) is 5.91 Å². The number of hydrogen-bond donors (Lipinski definition) is 0. The maximum absolute atomic E-state index is 13.4. The minimum atomic E-state index is -0.367. The van der Waals surface area contributed by atoms with Crippen molar-refractivity contribution < 1.29 is 14.0 Å². The molecule has 8 heteroatoms. The number of rotatable bonds is 3. The Hall–Kier alpha value is -3.29. The number of amides is 2. The Morgan fingerprint density at radius 3 is 2.53 bits per heavy atom. The molecule has 2 aliphatic rings. The van der Waals surface area contributed by atoms with Gasteiger partial charge in [-0.15, -0.1) is 10.2 Å². The molecule has 166 valence electrons. The molecular formula is C24H26FN5O2. The third-order valence-corrected chi connectivity index (χ3v) is 6.59. The lowest BCUT2D eigenvalue weighted by Crippen LogP contribution is -2.49. The molecule has 0 bridgehead atoms. The van der Waals surface area contributed by atoms with Crippen LogP contribution in [0.1, 0.15) is 47.8 Å². The third-order valence-electron chi connectivity index (χ3n) is 6.59. The lowest BCUT2D eigenvalue weighted by Gasteiger charge is -2.38. The van der Waals surface area contributed by atoms with E-state index in [0.29, 0.717) is 25.2 Å². The highest BCUT2D eigenvalue weighted by Crippen LogP contribution is 2.29. The molecule has 2 amide bonds. The monoisotopic (exact) mass is 435 g/mol. The Morgan fingerprint density at radius 1 is 0.906 bits per heavy atom. The molecule has 5 rings (SSSR count). The predicted octanol–water partition coefficient (Wildman–Crippen LogP) is 3.13. The second kappa shape index (κ2) is 8.68. The fourth-order valence-electron chi connectivity index (χ4n) is 4.92. The summed E-state index contributed by atoms with van der Waals surface area (Å²) in [6.45, 7) is 2.38. The molecule has 7 nitrogen and oxygen atoms in total. The van der Waals surface area contributed by atoms with Crippen molar-refractivity contribution in [2.24, 2.45) is 5.92 Å². The van der Waals surface area contributed by atoms with Crippen LogP contribution in [0, 0.1) is 11.7 Å². The van der Waals surface area contributed by atoms with Crippen molar-refractivity contribution in [2.45, 2.75) is 31.6 Å². The molecule has 4 heterocycles. The van der Waals surface area contributed by atoms with Gasteiger partial charge in [0.25, 0.3) is 5.91 Å². The molecule has 2 saturated heterocycles. The smallest absolute Gasteiger partial charge is 0.253 e. The van der Waals surface area contributed by atoms with Gasteiger partial charge in [-0.1, -0.05) is 6.07 Å². The first-order valence-corrected chi connectivity index (χ1v) is 11.2. The average Bonchev–Trinajstić information content (AvgIpc) is 3.28. The number of benzene rings is 1. The van der Waals surface area contributed by atoms with Crippen molar-refractivity contribution in [3.63, 3.8) is 0 Å². The molecule has 0 saturated carbocycles. The van der Waals surface area contributed by atoms with Crippen molar-refractivity contribution >= 4 is 17.5 Å². The van der Waals surface area contributed by atoms with E-state index in [-0.39, 0.29) is 29.5 Å². The predicted molar refractivity (Wildman–Crippen MR) is 117 cm³/mol. The first kappa shape index (κ1) is 20.6. The topological polar surface area (TPSA) is 70.8 Å². The van der Waals surface area contributed by atoms with E-state index in [1.54, 1.807) is 4.90 Å². The van der Waals surface area contributed by atoms with Crippen LogP contribution in [0.3, 0.4) is 0 Å². The van der Waals surface area contributed by atoms with E-state index in [1.165, 1.54) is 24.3 Å². The molecular weight excluding hydrogens is 409 g/mol. The number of carbonyl (C=O) groups excluding carboxylic acids is 2. The number of hydrogen-bond acceptors (Lipinski definition) is 4. The molecule has 1 aromatic carbocycles. The van der Waals surface area contributed by atoms with Crippen LogP contribution >= 0.6 is 0 Å². The molecule has 0 aliphatic carbocycles. The number of aromatic nitrogens is 3. The molecule has 0 unspecified atom stereocenters. The molecule has 0 spiro atoms. The molecule has 32 heavy (non-hydrogen) atoms. The van der Waals surface area contributed by atoms with Gasteiger partial charge < -0.3 is 9.80 Å². The summed E-state index contributed by atoms with van der Waals surface area (Å²) < 4.78 is 15.2. The van der Waals surface area contributed by atoms with Gasteiger partial charge >= 0.3 is 0 Å². The second-order valence-electron chi connectivity index (χ2n) is 8.71. The Kier molecular flexibility index (Phi) is 5.59. The highest BCUT2D eigenvalue weighted by atomic mass is 19.1. The van der Waals surface area contributed by atoms with Crippen molar-refractivity contribution in [1.82, 2.24) is 24.4 Å². The molecule has 2 fully saturated rings. The molecule has 0 radical (unpaired) electrons. The van der Waals surface area contributed by atoms with Crippen molar-refractivity contribution in [3.8, 4) is 0 Å². The zero-order valence-corrected chi connectivity index (χ0v) is 17.9.